The Balaban J connectivity index is 1.51. The van der Waals surface area contributed by atoms with E-state index in [0.717, 1.165) is 0 Å². The number of hydrogen-bond donors (Lipinski definition) is 2. The quantitative estimate of drug-likeness (QED) is 0.768. The van der Waals surface area contributed by atoms with E-state index in [1.54, 1.807) is 12.1 Å². The molecule has 0 bridgehead atoms. The first-order chi connectivity index (χ1) is 14.7. The summed E-state index contributed by atoms with van der Waals surface area (Å²) in [7, 11) is 0. The van der Waals surface area contributed by atoms with Gasteiger partial charge in [0.2, 0.25) is 18.5 Å². The first-order valence-corrected chi connectivity index (χ1v) is 10.4. The van der Waals surface area contributed by atoms with E-state index in [4.69, 9.17) is 23.4 Å². The lowest BCUT2D eigenvalue weighted by Crippen LogP contribution is -2.67. The van der Waals surface area contributed by atoms with Crippen molar-refractivity contribution in [1.82, 2.24) is 5.32 Å². The largest absolute Gasteiger partial charge is 0.464 e. The highest BCUT2D eigenvalue weighted by Gasteiger charge is 2.51. The molecular formula is C23H29NO7. The maximum atomic E-state index is 11.8. The molecule has 31 heavy (non-hydrogen) atoms. The Kier molecular flexibility index (Phi) is 6.07. The molecule has 6 atom stereocenters. The van der Waals surface area contributed by atoms with E-state index >= 15 is 0 Å². The van der Waals surface area contributed by atoms with Gasteiger partial charge in [-0.25, -0.2) is 0 Å². The molecule has 8 heteroatoms. The maximum absolute atomic E-state index is 11.8. The van der Waals surface area contributed by atoms with Crippen LogP contribution in [0.1, 0.15) is 45.3 Å². The van der Waals surface area contributed by atoms with Crippen LogP contribution < -0.4 is 10.1 Å². The lowest BCUT2D eigenvalue weighted by Gasteiger charge is -2.47. The molecule has 2 aromatic rings. The molecule has 0 unspecified atom stereocenters. The minimum atomic E-state index is -1.07. The second-order valence-corrected chi connectivity index (χ2v) is 8.93. The second-order valence-electron chi connectivity index (χ2n) is 8.93. The highest BCUT2D eigenvalue weighted by molar-refractivity contribution is 5.73. The van der Waals surface area contributed by atoms with Gasteiger partial charge in [-0.1, -0.05) is 32.9 Å². The lowest BCUT2D eigenvalue weighted by atomic mass is 9.87. The molecule has 2 aliphatic rings. The minimum absolute atomic E-state index is 0.0172. The molecule has 0 spiro atoms. The van der Waals surface area contributed by atoms with Crippen molar-refractivity contribution in [3.8, 4) is 5.75 Å². The molecule has 1 amide bonds. The molecule has 2 N–H and O–H groups in total. The molecule has 1 aromatic carbocycles. The van der Waals surface area contributed by atoms with Crippen molar-refractivity contribution in [1.29, 1.82) is 0 Å². The Hall–Kier alpha value is -2.39. The SMILES string of the molecule is CC(=O)N[C@H]1[C@@H](Oc2ccc(C(C)(C)C)cc2)O[C@@H]2CO[C@H](c3ccco3)O[C@@H]2[C@@H]1O. The average molecular weight is 431 g/mol. The van der Waals surface area contributed by atoms with Crippen LogP contribution in [-0.4, -0.2) is 48.3 Å². The van der Waals surface area contributed by atoms with E-state index < -0.39 is 36.9 Å². The van der Waals surface area contributed by atoms with E-state index in [1.165, 1.54) is 18.8 Å². The van der Waals surface area contributed by atoms with Gasteiger partial charge in [-0.15, -0.1) is 0 Å². The fraction of sp³-hybridized carbons (Fsp3) is 0.522. The Labute approximate surface area is 181 Å². The minimum Gasteiger partial charge on any atom is -0.464 e. The van der Waals surface area contributed by atoms with Gasteiger partial charge in [-0.2, -0.15) is 0 Å². The number of aliphatic hydroxyl groups excluding tert-OH is 1. The molecular weight excluding hydrogens is 402 g/mol. The molecule has 2 fully saturated rings. The molecule has 2 aliphatic heterocycles. The van der Waals surface area contributed by atoms with Gasteiger partial charge in [0.05, 0.1) is 12.9 Å². The number of amides is 1. The van der Waals surface area contributed by atoms with Crippen molar-refractivity contribution in [2.24, 2.45) is 0 Å². The summed E-state index contributed by atoms with van der Waals surface area (Å²) in [5.41, 5.74) is 1.18. The highest BCUT2D eigenvalue weighted by Crippen LogP contribution is 2.35. The zero-order valence-electron chi connectivity index (χ0n) is 18.1. The van der Waals surface area contributed by atoms with E-state index in [1.807, 2.05) is 24.3 Å². The smallest absolute Gasteiger partial charge is 0.223 e. The number of aliphatic hydroxyl groups is 1. The van der Waals surface area contributed by atoms with Crippen molar-refractivity contribution in [2.45, 2.75) is 70.0 Å². The number of benzene rings is 1. The predicted octanol–water partition coefficient (Wildman–Crippen LogP) is 2.66. The number of rotatable bonds is 4. The summed E-state index contributed by atoms with van der Waals surface area (Å²) < 4.78 is 29.1. The van der Waals surface area contributed by atoms with Gasteiger partial charge < -0.3 is 33.8 Å². The van der Waals surface area contributed by atoms with Crippen LogP contribution in [0.4, 0.5) is 0 Å². The third-order valence-corrected chi connectivity index (χ3v) is 5.48. The van der Waals surface area contributed by atoms with Gasteiger partial charge in [-0.05, 0) is 35.2 Å². The summed E-state index contributed by atoms with van der Waals surface area (Å²) in [5, 5.41) is 13.8. The summed E-state index contributed by atoms with van der Waals surface area (Å²) in [5.74, 6) is 0.765. The number of ether oxygens (including phenoxy) is 4. The molecule has 0 radical (unpaired) electrons. The summed E-state index contributed by atoms with van der Waals surface area (Å²) in [4.78, 5) is 11.8. The highest BCUT2D eigenvalue weighted by atomic mass is 16.8. The molecule has 0 saturated carbocycles. The van der Waals surface area contributed by atoms with Crippen LogP contribution in [0.15, 0.2) is 47.1 Å². The van der Waals surface area contributed by atoms with Gasteiger partial charge in [-0.3, -0.25) is 4.79 Å². The Bertz CT molecular complexity index is 874. The number of furan rings is 1. The van der Waals surface area contributed by atoms with E-state index in [2.05, 4.69) is 26.1 Å². The van der Waals surface area contributed by atoms with Crippen LogP contribution in [-0.2, 0) is 24.4 Å². The first kappa shape index (κ1) is 21.8. The van der Waals surface area contributed by atoms with Crippen LogP contribution in [0.2, 0.25) is 0 Å². The van der Waals surface area contributed by atoms with Crippen LogP contribution in [0, 0.1) is 0 Å². The fourth-order valence-electron chi connectivity index (χ4n) is 3.82. The van der Waals surface area contributed by atoms with Crippen molar-refractivity contribution >= 4 is 5.91 Å². The third-order valence-electron chi connectivity index (χ3n) is 5.48. The summed E-state index contributed by atoms with van der Waals surface area (Å²) in [6.07, 6.45) is -2.49. The van der Waals surface area contributed by atoms with Gasteiger partial charge in [0, 0.05) is 6.92 Å². The van der Waals surface area contributed by atoms with Crippen LogP contribution in [0.5, 0.6) is 5.75 Å². The number of fused-ring (bicyclic) bond motifs is 1. The zero-order chi connectivity index (χ0) is 22.2. The van der Waals surface area contributed by atoms with Gasteiger partial charge >= 0.3 is 0 Å². The molecule has 168 valence electrons. The number of carbonyl (C=O) groups is 1. The van der Waals surface area contributed by atoms with Crippen molar-refractivity contribution in [3.63, 3.8) is 0 Å². The number of carbonyl (C=O) groups excluding carboxylic acids is 1. The fourth-order valence-corrected chi connectivity index (χ4v) is 3.82. The number of nitrogens with one attached hydrogen (secondary N) is 1. The Morgan fingerprint density at radius 2 is 1.90 bits per heavy atom. The predicted molar refractivity (Wildman–Crippen MR) is 110 cm³/mol. The second kappa shape index (κ2) is 8.63. The van der Waals surface area contributed by atoms with Crippen LogP contribution in [0.25, 0.3) is 0 Å². The average Bonchev–Trinajstić information content (AvgIpc) is 3.25. The van der Waals surface area contributed by atoms with Gasteiger partial charge in [0.25, 0.3) is 0 Å². The monoisotopic (exact) mass is 431 g/mol. The Morgan fingerprint density at radius 1 is 1.16 bits per heavy atom. The van der Waals surface area contributed by atoms with Gasteiger partial charge in [0.1, 0.15) is 30.1 Å². The summed E-state index contributed by atoms with van der Waals surface area (Å²) in [6.45, 7) is 7.97. The molecule has 0 aliphatic carbocycles. The Morgan fingerprint density at radius 3 is 2.52 bits per heavy atom. The normalized spacial score (nSPS) is 31.0. The van der Waals surface area contributed by atoms with Crippen molar-refractivity contribution in [3.05, 3.63) is 54.0 Å². The molecule has 3 heterocycles. The zero-order valence-corrected chi connectivity index (χ0v) is 18.1. The van der Waals surface area contributed by atoms with Gasteiger partial charge in [0.15, 0.2) is 5.76 Å². The molecule has 8 nitrogen and oxygen atoms in total. The van der Waals surface area contributed by atoms with Crippen molar-refractivity contribution in [2.75, 3.05) is 6.61 Å². The summed E-state index contributed by atoms with van der Waals surface area (Å²) >= 11 is 0. The van der Waals surface area contributed by atoms with E-state index in [-0.39, 0.29) is 17.9 Å². The lowest BCUT2D eigenvalue weighted by molar-refractivity contribution is -0.336. The van der Waals surface area contributed by atoms with Crippen LogP contribution in [0.3, 0.4) is 0 Å². The topological polar surface area (TPSA) is 99.4 Å². The van der Waals surface area contributed by atoms with E-state index in [9.17, 15) is 9.90 Å². The molecule has 2 saturated heterocycles. The van der Waals surface area contributed by atoms with E-state index in [0.29, 0.717) is 11.5 Å². The van der Waals surface area contributed by atoms with Crippen LogP contribution >= 0.6 is 0 Å². The first-order valence-electron chi connectivity index (χ1n) is 10.4. The standard InChI is InChI=1S/C23H29NO7/c1-13(25)24-18-19(26)20-17(12-28-21(31-20)16-6-5-11-27-16)30-22(18)29-15-9-7-14(8-10-15)23(2,3)4/h5-11,17-22,26H,12H2,1-4H3,(H,24,25)/t17-,18-,19-,20+,21+,22+/m1/s1. The number of hydrogen-bond acceptors (Lipinski definition) is 7. The third kappa shape index (κ3) is 4.77. The molecule has 1 aromatic heterocycles. The molecule has 4 rings (SSSR count). The van der Waals surface area contributed by atoms with Crippen molar-refractivity contribution < 1.29 is 33.3 Å². The maximum Gasteiger partial charge on any atom is 0.223 e. The summed E-state index contributed by atoms with van der Waals surface area (Å²) in [6, 6.07) is 10.3.